The van der Waals surface area contributed by atoms with Crippen molar-refractivity contribution in [3.05, 3.63) is 48.0 Å². The van der Waals surface area contributed by atoms with Gasteiger partial charge in [-0.2, -0.15) is 0 Å². The Bertz CT molecular complexity index is 532. The first-order chi connectivity index (χ1) is 8.30. The predicted octanol–water partition coefficient (Wildman–Crippen LogP) is 4.10. The molecule has 2 rings (SSSR count). The Labute approximate surface area is 105 Å². The molecule has 2 aromatic rings. The first-order valence-electron chi connectivity index (χ1n) is 5.19. The van der Waals surface area contributed by atoms with E-state index in [1.807, 2.05) is 24.3 Å². The number of para-hydroxylation sites is 1. The van der Waals surface area contributed by atoms with Crippen LogP contribution in [-0.4, -0.2) is 12.1 Å². The lowest BCUT2D eigenvalue weighted by molar-refractivity contribution is 0.416. The number of rotatable bonds is 4. The number of hydrogen-bond donors (Lipinski definition) is 0. The maximum atomic E-state index is 5.33. The molecule has 0 spiro atoms. The number of hydrogen-bond acceptors (Lipinski definition) is 3. The zero-order valence-corrected chi connectivity index (χ0v) is 10.5. The van der Waals surface area contributed by atoms with Gasteiger partial charge in [-0.3, -0.25) is 0 Å². The van der Waals surface area contributed by atoms with E-state index in [9.17, 15) is 0 Å². The molecule has 0 aliphatic carbocycles. The predicted molar refractivity (Wildman–Crippen MR) is 74.3 cm³/mol. The molecule has 1 aromatic heterocycles. The van der Waals surface area contributed by atoms with E-state index in [1.165, 1.54) is 0 Å². The summed E-state index contributed by atoms with van der Waals surface area (Å²) in [5.41, 5.74) is 1.86. The fourth-order valence-electron chi connectivity index (χ4n) is 1.57. The number of methoxy groups -OCH3 is 1. The van der Waals surface area contributed by atoms with Gasteiger partial charge in [-0.15, -0.1) is 11.3 Å². The fraction of sp³-hybridized carbons (Fsp3) is 0.0714. The Morgan fingerprint density at radius 1 is 1.24 bits per heavy atom. The highest BCUT2D eigenvalue weighted by Crippen LogP contribution is 2.34. The molecule has 0 aliphatic heterocycles. The van der Waals surface area contributed by atoms with Crippen LogP contribution in [0, 0.1) is 0 Å². The summed E-state index contributed by atoms with van der Waals surface area (Å²) in [6.07, 6.45) is 3.54. The highest BCUT2D eigenvalue weighted by molar-refractivity contribution is 7.16. The van der Waals surface area contributed by atoms with Gasteiger partial charge < -0.3 is 4.74 Å². The lowest BCUT2D eigenvalue weighted by atomic mass is 10.2. The zero-order chi connectivity index (χ0) is 12.3. The number of aromatic nitrogens is 1. The van der Waals surface area contributed by atoms with Crippen LogP contribution in [0.4, 0.5) is 0 Å². The average Bonchev–Trinajstić information content (AvgIpc) is 2.81. The van der Waals surface area contributed by atoms with E-state index in [-0.39, 0.29) is 0 Å². The third kappa shape index (κ3) is 2.15. The molecule has 0 N–H and O–H groups in total. The van der Waals surface area contributed by atoms with Crippen molar-refractivity contribution < 1.29 is 4.74 Å². The van der Waals surface area contributed by atoms with Crippen molar-refractivity contribution in [3.63, 3.8) is 0 Å². The van der Waals surface area contributed by atoms with E-state index < -0.39 is 0 Å². The standard InChI is InChI=1S/C14H13NOS/c1-4-11-13(5-2)17-14(15-11)10-8-6-7-9-12(10)16-3/h4-9H,1-2H2,3H3. The lowest BCUT2D eigenvalue weighted by Gasteiger charge is -2.04. The van der Waals surface area contributed by atoms with E-state index in [2.05, 4.69) is 18.1 Å². The monoisotopic (exact) mass is 243 g/mol. The summed E-state index contributed by atoms with van der Waals surface area (Å²) >= 11 is 1.59. The van der Waals surface area contributed by atoms with Gasteiger partial charge in [0.1, 0.15) is 10.8 Å². The van der Waals surface area contributed by atoms with Crippen molar-refractivity contribution in [1.82, 2.24) is 4.98 Å². The Hall–Kier alpha value is -1.87. The molecule has 0 saturated heterocycles. The summed E-state index contributed by atoms with van der Waals surface area (Å²) in [5.74, 6) is 0.826. The highest BCUT2D eigenvalue weighted by Gasteiger charge is 2.11. The van der Waals surface area contributed by atoms with Gasteiger partial charge in [0, 0.05) is 0 Å². The fourth-order valence-corrected chi connectivity index (χ4v) is 2.52. The van der Waals surface area contributed by atoms with Gasteiger partial charge >= 0.3 is 0 Å². The topological polar surface area (TPSA) is 22.1 Å². The van der Waals surface area contributed by atoms with Gasteiger partial charge in [0.05, 0.1) is 23.2 Å². The third-order valence-electron chi connectivity index (χ3n) is 2.40. The van der Waals surface area contributed by atoms with E-state index >= 15 is 0 Å². The first kappa shape index (κ1) is 11.6. The van der Waals surface area contributed by atoms with Crippen LogP contribution >= 0.6 is 11.3 Å². The molecule has 1 aromatic carbocycles. The molecule has 17 heavy (non-hydrogen) atoms. The molecule has 0 atom stereocenters. The molecule has 2 nitrogen and oxygen atoms in total. The van der Waals surface area contributed by atoms with Crippen molar-refractivity contribution in [2.24, 2.45) is 0 Å². The quantitative estimate of drug-likeness (QED) is 0.806. The summed E-state index contributed by atoms with van der Waals surface area (Å²) in [5, 5.41) is 0.923. The molecule has 0 aliphatic rings. The van der Waals surface area contributed by atoms with Crippen LogP contribution in [0.2, 0.25) is 0 Å². The van der Waals surface area contributed by atoms with E-state index in [1.54, 1.807) is 30.6 Å². The largest absolute Gasteiger partial charge is 0.496 e. The Kier molecular flexibility index (Phi) is 3.40. The van der Waals surface area contributed by atoms with Gasteiger partial charge in [0.15, 0.2) is 0 Å². The average molecular weight is 243 g/mol. The highest BCUT2D eigenvalue weighted by atomic mass is 32.1. The minimum absolute atomic E-state index is 0.826. The zero-order valence-electron chi connectivity index (χ0n) is 9.64. The number of benzene rings is 1. The normalized spacial score (nSPS) is 9.94. The molecule has 0 radical (unpaired) electrons. The van der Waals surface area contributed by atoms with E-state index in [0.717, 1.165) is 26.9 Å². The molecule has 0 unspecified atom stereocenters. The number of nitrogens with zero attached hydrogens (tertiary/aromatic N) is 1. The minimum atomic E-state index is 0.826. The van der Waals surface area contributed by atoms with Crippen LogP contribution in [-0.2, 0) is 0 Å². The van der Waals surface area contributed by atoms with Gasteiger partial charge in [0.2, 0.25) is 0 Å². The van der Waals surface area contributed by atoms with Gasteiger partial charge in [0.25, 0.3) is 0 Å². The maximum Gasteiger partial charge on any atom is 0.129 e. The van der Waals surface area contributed by atoms with Crippen molar-refractivity contribution in [2.45, 2.75) is 0 Å². The second-order valence-electron chi connectivity index (χ2n) is 3.38. The van der Waals surface area contributed by atoms with Crippen molar-refractivity contribution in [3.8, 4) is 16.3 Å². The summed E-state index contributed by atoms with van der Waals surface area (Å²) < 4.78 is 5.33. The van der Waals surface area contributed by atoms with Crippen LogP contribution in [0.5, 0.6) is 5.75 Å². The molecular formula is C14H13NOS. The van der Waals surface area contributed by atoms with Crippen LogP contribution in [0.25, 0.3) is 22.7 Å². The number of ether oxygens (including phenoxy) is 1. The third-order valence-corrected chi connectivity index (χ3v) is 3.50. The number of thiazole rings is 1. The summed E-state index contributed by atoms with van der Waals surface area (Å²) in [6.45, 7) is 7.53. The second kappa shape index (κ2) is 4.97. The van der Waals surface area contributed by atoms with Crippen LogP contribution in [0.3, 0.4) is 0 Å². The van der Waals surface area contributed by atoms with Gasteiger partial charge in [-0.25, -0.2) is 4.98 Å². The van der Waals surface area contributed by atoms with Crippen LogP contribution in [0.15, 0.2) is 37.4 Å². The molecule has 0 saturated carbocycles. The summed E-state index contributed by atoms with van der Waals surface area (Å²) in [4.78, 5) is 5.56. The minimum Gasteiger partial charge on any atom is -0.496 e. The molecular weight excluding hydrogens is 230 g/mol. The molecule has 86 valence electrons. The maximum absolute atomic E-state index is 5.33. The smallest absolute Gasteiger partial charge is 0.129 e. The lowest BCUT2D eigenvalue weighted by Crippen LogP contribution is -1.86. The van der Waals surface area contributed by atoms with E-state index in [4.69, 9.17) is 4.74 Å². The van der Waals surface area contributed by atoms with Crippen molar-refractivity contribution in [2.75, 3.05) is 7.11 Å². The van der Waals surface area contributed by atoms with Crippen molar-refractivity contribution >= 4 is 23.5 Å². The Morgan fingerprint density at radius 2 is 2.00 bits per heavy atom. The SMILES string of the molecule is C=Cc1nc(-c2ccccc2OC)sc1C=C. The molecule has 3 heteroatoms. The molecule has 1 heterocycles. The second-order valence-corrected chi connectivity index (χ2v) is 4.41. The Morgan fingerprint density at radius 3 is 2.59 bits per heavy atom. The van der Waals surface area contributed by atoms with Gasteiger partial charge in [-0.05, 0) is 24.3 Å². The van der Waals surface area contributed by atoms with Crippen LogP contribution < -0.4 is 4.74 Å². The summed E-state index contributed by atoms with van der Waals surface area (Å²) in [6, 6.07) is 7.84. The van der Waals surface area contributed by atoms with Gasteiger partial charge in [-0.1, -0.05) is 25.3 Å². The Balaban J connectivity index is 2.56. The summed E-state index contributed by atoms with van der Waals surface area (Å²) in [7, 11) is 1.66. The van der Waals surface area contributed by atoms with Crippen molar-refractivity contribution in [1.29, 1.82) is 0 Å². The molecule has 0 amide bonds. The first-order valence-corrected chi connectivity index (χ1v) is 6.01. The van der Waals surface area contributed by atoms with E-state index in [0.29, 0.717) is 0 Å². The molecule has 0 bridgehead atoms. The van der Waals surface area contributed by atoms with Crippen LogP contribution in [0.1, 0.15) is 10.6 Å². The molecule has 0 fully saturated rings.